The van der Waals surface area contributed by atoms with Gasteiger partial charge in [0.1, 0.15) is 5.69 Å². The highest BCUT2D eigenvalue weighted by Crippen LogP contribution is 2.01. The highest BCUT2D eigenvalue weighted by Gasteiger charge is 2.06. The van der Waals surface area contributed by atoms with Crippen LogP contribution in [-0.2, 0) is 0 Å². The van der Waals surface area contributed by atoms with Crippen LogP contribution in [0.3, 0.4) is 0 Å². The SMILES string of the molecule is Cc1cccnc1C(=O)NO. The van der Waals surface area contributed by atoms with Crippen LogP contribution < -0.4 is 5.48 Å². The van der Waals surface area contributed by atoms with Gasteiger partial charge in [-0.1, -0.05) is 6.07 Å². The number of amides is 1. The second-order valence-electron chi connectivity index (χ2n) is 2.11. The summed E-state index contributed by atoms with van der Waals surface area (Å²) >= 11 is 0. The third kappa shape index (κ3) is 1.53. The van der Waals surface area contributed by atoms with Gasteiger partial charge in [-0.05, 0) is 18.6 Å². The molecule has 11 heavy (non-hydrogen) atoms. The Labute approximate surface area is 63.8 Å². The van der Waals surface area contributed by atoms with Gasteiger partial charge in [0.25, 0.3) is 5.91 Å². The molecule has 0 saturated heterocycles. The Balaban J connectivity index is 3.03. The highest BCUT2D eigenvalue weighted by atomic mass is 16.5. The normalized spacial score (nSPS) is 9.27. The minimum atomic E-state index is -0.580. The van der Waals surface area contributed by atoms with E-state index in [-0.39, 0.29) is 5.69 Å². The van der Waals surface area contributed by atoms with Crippen LogP contribution >= 0.6 is 0 Å². The molecule has 4 heteroatoms. The summed E-state index contributed by atoms with van der Waals surface area (Å²) in [5.74, 6) is -0.580. The van der Waals surface area contributed by atoms with E-state index in [1.165, 1.54) is 11.7 Å². The summed E-state index contributed by atoms with van der Waals surface area (Å²) in [5, 5.41) is 8.27. The molecule has 58 valence electrons. The molecule has 0 aliphatic carbocycles. The number of aromatic nitrogens is 1. The van der Waals surface area contributed by atoms with Gasteiger partial charge in [-0.3, -0.25) is 15.0 Å². The Bertz CT molecular complexity index is 273. The largest absolute Gasteiger partial charge is 0.293 e. The average Bonchev–Trinajstić information content (AvgIpc) is 2.04. The molecule has 0 saturated carbocycles. The molecule has 0 atom stereocenters. The van der Waals surface area contributed by atoms with Gasteiger partial charge in [-0.25, -0.2) is 5.48 Å². The van der Waals surface area contributed by atoms with Gasteiger partial charge >= 0.3 is 0 Å². The van der Waals surface area contributed by atoms with E-state index in [2.05, 4.69) is 4.98 Å². The van der Waals surface area contributed by atoms with Crippen molar-refractivity contribution in [3.05, 3.63) is 29.6 Å². The van der Waals surface area contributed by atoms with Crippen LogP contribution in [-0.4, -0.2) is 16.1 Å². The molecule has 0 aliphatic heterocycles. The lowest BCUT2D eigenvalue weighted by Crippen LogP contribution is -2.20. The van der Waals surface area contributed by atoms with Crippen molar-refractivity contribution in [1.29, 1.82) is 0 Å². The first-order valence-electron chi connectivity index (χ1n) is 3.11. The van der Waals surface area contributed by atoms with Gasteiger partial charge in [0.15, 0.2) is 0 Å². The maximum absolute atomic E-state index is 10.8. The lowest BCUT2D eigenvalue weighted by Gasteiger charge is -1.99. The molecule has 0 bridgehead atoms. The molecule has 4 nitrogen and oxygen atoms in total. The molecule has 1 aromatic rings. The van der Waals surface area contributed by atoms with Crippen LogP contribution in [0, 0.1) is 6.92 Å². The monoisotopic (exact) mass is 152 g/mol. The summed E-state index contributed by atoms with van der Waals surface area (Å²) in [4.78, 5) is 14.6. The molecule has 0 aromatic carbocycles. The molecule has 2 N–H and O–H groups in total. The number of rotatable bonds is 1. The maximum atomic E-state index is 10.8. The third-order valence-corrected chi connectivity index (χ3v) is 1.33. The summed E-state index contributed by atoms with van der Waals surface area (Å²) < 4.78 is 0. The van der Waals surface area contributed by atoms with Crippen molar-refractivity contribution < 1.29 is 10.0 Å². The molecule has 0 fully saturated rings. The van der Waals surface area contributed by atoms with Crippen molar-refractivity contribution in [3.63, 3.8) is 0 Å². The van der Waals surface area contributed by atoms with E-state index in [0.717, 1.165) is 5.56 Å². The van der Waals surface area contributed by atoms with Gasteiger partial charge in [-0.2, -0.15) is 0 Å². The molecular formula is C7H8N2O2. The second kappa shape index (κ2) is 3.12. The van der Waals surface area contributed by atoms with E-state index in [4.69, 9.17) is 5.21 Å². The lowest BCUT2D eigenvalue weighted by molar-refractivity contribution is 0.0700. The number of nitrogens with zero attached hydrogens (tertiary/aromatic N) is 1. The molecule has 1 amide bonds. The molecular weight excluding hydrogens is 144 g/mol. The van der Waals surface area contributed by atoms with Gasteiger partial charge in [-0.15, -0.1) is 0 Å². The Morgan fingerprint density at radius 3 is 3.00 bits per heavy atom. The highest BCUT2D eigenvalue weighted by molar-refractivity contribution is 5.92. The predicted molar refractivity (Wildman–Crippen MR) is 38.2 cm³/mol. The van der Waals surface area contributed by atoms with Crippen molar-refractivity contribution in [2.75, 3.05) is 0 Å². The number of carbonyl (C=O) groups is 1. The van der Waals surface area contributed by atoms with E-state index in [0.29, 0.717) is 0 Å². The molecule has 0 unspecified atom stereocenters. The van der Waals surface area contributed by atoms with Crippen molar-refractivity contribution in [2.45, 2.75) is 6.92 Å². The van der Waals surface area contributed by atoms with E-state index >= 15 is 0 Å². The Kier molecular flexibility index (Phi) is 2.18. The van der Waals surface area contributed by atoms with Gasteiger partial charge in [0.05, 0.1) is 0 Å². The van der Waals surface area contributed by atoms with E-state index in [9.17, 15) is 4.79 Å². The Morgan fingerprint density at radius 1 is 1.73 bits per heavy atom. The van der Waals surface area contributed by atoms with Crippen LogP contribution in [0.1, 0.15) is 16.1 Å². The molecule has 1 aromatic heterocycles. The molecule has 0 spiro atoms. The summed E-state index contributed by atoms with van der Waals surface area (Å²) in [6, 6.07) is 3.47. The minimum absolute atomic E-state index is 0.245. The zero-order chi connectivity index (χ0) is 8.27. The lowest BCUT2D eigenvalue weighted by atomic mass is 10.2. The standard InChI is InChI=1S/C7H8N2O2/c1-5-3-2-4-8-6(5)7(10)9-11/h2-4,11H,1H3,(H,9,10). The fourth-order valence-corrected chi connectivity index (χ4v) is 0.776. The Hall–Kier alpha value is -1.42. The first-order chi connectivity index (χ1) is 5.25. The van der Waals surface area contributed by atoms with Gasteiger partial charge in [0, 0.05) is 6.20 Å². The first-order valence-corrected chi connectivity index (χ1v) is 3.11. The summed E-state index contributed by atoms with van der Waals surface area (Å²) in [7, 11) is 0. The van der Waals surface area contributed by atoms with Gasteiger partial charge < -0.3 is 0 Å². The van der Waals surface area contributed by atoms with Crippen molar-refractivity contribution in [3.8, 4) is 0 Å². The van der Waals surface area contributed by atoms with Crippen LogP contribution in [0.2, 0.25) is 0 Å². The predicted octanol–water partition coefficient (Wildman–Crippen LogP) is 0.509. The number of hydrogen-bond acceptors (Lipinski definition) is 3. The number of carbonyl (C=O) groups excluding carboxylic acids is 1. The smallest absolute Gasteiger partial charge is 0.288 e. The molecule has 1 rings (SSSR count). The number of hydroxylamine groups is 1. The summed E-state index contributed by atoms with van der Waals surface area (Å²) in [5.41, 5.74) is 2.50. The van der Waals surface area contributed by atoms with Crippen LogP contribution in [0.25, 0.3) is 0 Å². The van der Waals surface area contributed by atoms with E-state index < -0.39 is 5.91 Å². The van der Waals surface area contributed by atoms with E-state index in [1.807, 2.05) is 0 Å². The van der Waals surface area contributed by atoms with Crippen LogP contribution in [0.4, 0.5) is 0 Å². The van der Waals surface area contributed by atoms with E-state index in [1.54, 1.807) is 19.1 Å². The van der Waals surface area contributed by atoms with Crippen molar-refractivity contribution in [1.82, 2.24) is 10.5 Å². The average molecular weight is 152 g/mol. The zero-order valence-corrected chi connectivity index (χ0v) is 6.03. The molecule has 0 aliphatic rings. The Morgan fingerprint density at radius 2 is 2.45 bits per heavy atom. The summed E-state index contributed by atoms with van der Waals surface area (Å²) in [6.07, 6.45) is 1.50. The maximum Gasteiger partial charge on any atom is 0.293 e. The fourth-order valence-electron chi connectivity index (χ4n) is 0.776. The number of nitrogens with one attached hydrogen (secondary N) is 1. The van der Waals surface area contributed by atoms with Crippen molar-refractivity contribution >= 4 is 5.91 Å². The first kappa shape index (κ1) is 7.68. The summed E-state index contributed by atoms with van der Waals surface area (Å²) in [6.45, 7) is 1.75. The van der Waals surface area contributed by atoms with Crippen molar-refractivity contribution in [2.24, 2.45) is 0 Å². The van der Waals surface area contributed by atoms with Crippen LogP contribution in [0.5, 0.6) is 0 Å². The number of hydrogen-bond donors (Lipinski definition) is 2. The third-order valence-electron chi connectivity index (χ3n) is 1.33. The number of pyridine rings is 1. The second-order valence-corrected chi connectivity index (χ2v) is 2.11. The number of aryl methyl sites for hydroxylation is 1. The molecule has 0 radical (unpaired) electrons. The quantitative estimate of drug-likeness (QED) is 0.455. The fraction of sp³-hybridized carbons (Fsp3) is 0.143. The van der Waals surface area contributed by atoms with Crippen LogP contribution in [0.15, 0.2) is 18.3 Å². The molecule has 1 heterocycles. The minimum Gasteiger partial charge on any atom is -0.288 e. The van der Waals surface area contributed by atoms with Gasteiger partial charge in [0.2, 0.25) is 0 Å². The topological polar surface area (TPSA) is 62.2 Å². The zero-order valence-electron chi connectivity index (χ0n) is 6.03.